The van der Waals surface area contributed by atoms with E-state index in [1.807, 2.05) is 0 Å². The summed E-state index contributed by atoms with van der Waals surface area (Å²) >= 11 is 0. The maximum absolute atomic E-state index is 11.7. The van der Waals surface area contributed by atoms with Gasteiger partial charge in [-0.2, -0.15) is 4.58 Å². The number of carboxylic acids is 1. The normalized spacial score (nSPS) is 20.7. The number of hydrogen-bond donors (Lipinski definition) is 1. The molecule has 56 heavy (non-hydrogen) atoms. The van der Waals surface area contributed by atoms with Crippen molar-refractivity contribution in [3.8, 4) is 5.75 Å². The average molecular weight is 777 g/mol. The molecule has 0 bridgehead atoms. The first-order valence-corrected chi connectivity index (χ1v) is 21.6. The van der Waals surface area contributed by atoms with Crippen LogP contribution in [0.2, 0.25) is 0 Å². The molecule has 0 radical (unpaired) electrons. The van der Waals surface area contributed by atoms with Crippen molar-refractivity contribution in [1.82, 2.24) is 0 Å². The van der Waals surface area contributed by atoms with E-state index in [2.05, 4.69) is 117 Å². The number of carboxylic acid groups (broad SMARTS) is 1. The number of unbranched alkanes of at least 4 members (excludes halogenated alkanes) is 2. The highest BCUT2D eigenvalue weighted by Crippen LogP contribution is 2.51. The lowest BCUT2D eigenvalue weighted by atomic mass is 9.77. The van der Waals surface area contributed by atoms with Crippen molar-refractivity contribution in [3.63, 3.8) is 0 Å². The number of aliphatic carboxylic acids is 1. The van der Waals surface area contributed by atoms with E-state index >= 15 is 0 Å². The molecule has 0 fully saturated rings. The van der Waals surface area contributed by atoms with E-state index in [1.165, 1.54) is 40.3 Å². The van der Waals surface area contributed by atoms with Gasteiger partial charge >= 0.3 is 5.97 Å². The Morgan fingerprint density at radius 1 is 0.893 bits per heavy atom. The van der Waals surface area contributed by atoms with Crippen LogP contribution in [0.1, 0.15) is 110 Å². The summed E-state index contributed by atoms with van der Waals surface area (Å²) in [5.74, 6) is 0.378. The van der Waals surface area contributed by atoms with E-state index in [9.17, 15) is 22.9 Å². The molecule has 0 aromatic heterocycles. The average Bonchev–Trinajstić information content (AvgIpc) is 3.54. The fraction of sp³-hybridized carbons (Fsp3) is 0.404. The summed E-state index contributed by atoms with van der Waals surface area (Å²) in [7, 11) is -4.61. The van der Waals surface area contributed by atoms with Crippen LogP contribution in [0.5, 0.6) is 5.75 Å². The lowest BCUT2D eigenvalue weighted by Crippen LogP contribution is -2.29. The van der Waals surface area contributed by atoms with Gasteiger partial charge in [-0.05, 0) is 118 Å². The summed E-state index contributed by atoms with van der Waals surface area (Å²) in [6.45, 7) is 13.0. The first-order valence-electron chi connectivity index (χ1n) is 20.2. The lowest BCUT2D eigenvalue weighted by Gasteiger charge is -2.31. The van der Waals surface area contributed by atoms with Crippen molar-refractivity contribution < 1.29 is 32.2 Å². The van der Waals surface area contributed by atoms with Crippen LogP contribution in [0.4, 0.5) is 11.4 Å². The van der Waals surface area contributed by atoms with Gasteiger partial charge in [0.05, 0.1) is 10.3 Å². The molecule has 3 aromatic rings. The van der Waals surface area contributed by atoms with Gasteiger partial charge in [0.25, 0.3) is 0 Å². The number of ether oxygens (including phenoxy) is 1. The number of hydrogen-bond acceptors (Lipinski definition) is 6. The monoisotopic (exact) mass is 776 g/mol. The van der Waals surface area contributed by atoms with Crippen LogP contribution in [0.15, 0.2) is 125 Å². The minimum atomic E-state index is -4.61. The Kier molecular flexibility index (Phi) is 12.6. The van der Waals surface area contributed by atoms with E-state index in [-0.39, 0.29) is 22.1 Å². The molecule has 1 N–H and O–H groups in total. The molecule has 3 aromatic carbocycles. The SMILES string of the molecule is CCCCN1/C(=C/C=C2\CCCC(/C=C/C3=[N+](CCCC)c4ccccc4C3(C)C)=C2Oc2ccc(S(=O)(=O)[O-])cc2)C(C)(CCCC(=O)O)c2ccccc21. The highest BCUT2D eigenvalue weighted by Gasteiger charge is 2.44. The first-order chi connectivity index (χ1) is 26.8. The molecule has 1 atom stereocenters. The fourth-order valence-corrected chi connectivity index (χ4v) is 9.10. The van der Waals surface area contributed by atoms with Gasteiger partial charge in [-0.1, -0.05) is 69.2 Å². The molecule has 2 heterocycles. The standard InChI is InChI=1S/C47H56N2O6S/c1-6-8-32-48-40-20-12-10-18-38(40)46(3,4)42(48)29-23-34-16-14-17-35(45(34)55-36-25-27-37(28-26-36)56(52,53)54)24-30-43-47(5,31-15-22-44(50)51)39-19-11-13-21-41(39)49(43)33-9-7-2/h10-13,18-21,23-30H,6-9,14-17,22,31-33H2,1-5H3,(H-,50,51,52,53,54). The van der Waals surface area contributed by atoms with Crippen LogP contribution in [0.25, 0.3) is 0 Å². The van der Waals surface area contributed by atoms with E-state index < -0.39 is 16.1 Å². The second kappa shape index (κ2) is 17.2. The summed E-state index contributed by atoms with van der Waals surface area (Å²) in [6.07, 6.45) is 16.9. The number of fused-ring (bicyclic) bond motifs is 2. The molecular weight excluding hydrogens is 721 g/mol. The largest absolute Gasteiger partial charge is 0.744 e. The van der Waals surface area contributed by atoms with Crippen molar-refractivity contribution in [2.75, 3.05) is 18.0 Å². The molecule has 8 nitrogen and oxygen atoms in total. The molecule has 1 unspecified atom stereocenters. The highest BCUT2D eigenvalue weighted by molar-refractivity contribution is 7.85. The Morgan fingerprint density at radius 3 is 2.29 bits per heavy atom. The van der Waals surface area contributed by atoms with E-state index in [1.54, 1.807) is 12.1 Å². The van der Waals surface area contributed by atoms with E-state index in [0.29, 0.717) is 18.6 Å². The van der Waals surface area contributed by atoms with Gasteiger partial charge in [0.1, 0.15) is 28.2 Å². The summed E-state index contributed by atoms with van der Waals surface area (Å²) < 4.78 is 44.4. The molecule has 0 saturated heterocycles. The molecule has 2 aliphatic heterocycles. The number of carbonyl (C=O) groups is 1. The van der Waals surface area contributed by atoms with Gasteiger partial charge < -0.3 is 19.3 Å². The third-order valence-corrected chi connectivity index (χ3v) is 12.5. The van der Waals surface area contributed by atoms with Crippen molar-refractivity contribution in [2.45, 2.75) is 115 Å². The predicted molar refractivity (Wildman–Crippen MR) is 223 cm³/mol. The van der Waals surface area contributed by atoms with Gasteiger partial charge in [-0.3, -0.25) is 4.79 Å². The van der Waals surface area contributed by atoms with Crippen molar-refractivity contribution in [1.29, 1.82) is 0 Å². The summed E-state index contributed by atoms with van der Waals surface area (Å²) in [4.78, 5) is 13.7. The van der Waals surface area contributed by atoms with Crippen LogP contribution in [-0.2, 0) is 25.7 Å². The van der Waals surface area contributed by atoms with Gasteiger partial charge in [-0.15, -0.1) is 0 Å². The Bertz CT molecular complexity index is 2210. The van der Waals surface area contributed by atoms with Crippen LogP contribution in [0, 0.1) is 0 Å². The number of allylic oxidation sites excluding steroid dienone is 7. The number of rotatable bonds is 16. The lowest BCUT2D eigenvalue weighted by molar-refractivity contribution is -0.438. The smallest absolute Gasteiger partial charge is 0.303 e. The molecule has 0 amide bonds. The maximum atomic E-state index is 11.7. The Morgan fingerprint density at radius 2 is 1.59 bits per heavy atom. The molecule has 9 heteroatoms. The fourth-order valence-electron chi connectivity index (χ4n) is 8.63. The number of para-hydroxylation sites is 2. The first kappa shape index (κ1) is 40.9. The minimum absolute atomic E-state index is 0.112. The summed E-state index contributed by atoms with van der Waals surface area (Å²) in [5, 5.41) is 9.54. The number of benzene rings is 3. The maximum Gasteiger partial charge on any atom is 0.303 e. The Balaban J connectivity index is 1.47. The molecule has 3 aliphatic rings. The van der Waals surface area contributed by atoms with E-state index in [4.69, 9.17) is 4.74 Å². The quantitative estimate of drug-likeness (QED) is 0.114. The van der Waals surface area contributed by atoms with Crippen molar-refractivity contribution in [3.05, 3.63) is 131 Å². The molecule has 0 spiro atoms. The van der Waals surface area contributed by atoms with Crippen molar-refractivity contribution in [2.24, 2.45) is 0 Å². The summed E-state index contributed by atoms with van der Waals surface area (Å²) in [5.41, 5.74) is 8.77. The second-order valence-electron chi connectivity index (χ2n) is 15.9. The third kappa shape index (κ3) is 8.49. The molecule has 296 valence electrons. The van der Waals surface area contributed by atoms with Gasteiger partial charge in [0.15, 0.2) is 5.71 Å². The van der Waals surface area contributed by atoms with Crippen molar-refractivity contribution >= 4 is 33.2 Å². The van der Waals surface area contributed by atoms with Gasteiger partial charge in [0, 0.05) is 53.9 Å². The highest BCUT2D eigenvalue weighted by atomic mass is 32.2. The Hall–Kier alpha value is -4.73. The molecule has 0 saturated carbocycles. The zero-order valence-corrected chi connectivity index (χ0v) is 34.3. The number of anilines is 1. The van der Waals surface area contributed by atoms with Gasteiger partial charge in [0.2, 0.25) is 5.69 Å². The Labute approximate surface area is 333 Å². The zero-order chi connectivity index (χ0) is 40.1. The number of nitrogens with zero attached hydrogens (tertiary/aromatic N) is 2. The molecule has 1 aliphatic carbocycles. The third-order valence-electron chi connectivity index (χ3n) is 11.7. The van der Waals surface area contributed by atoms with E-state index in [0.717, 1.165) is 80.6 Å². The predicted octanol–water partition coefficient (Wildman–Crippen LogP) is 10.5. The second-order valence-corrected chi connectivity index (χ2v) is 17.3. The van der Waals surface area contributed by atoms with Crippen LogP contribution >= 0.6 is 0 Å². The molecule has 6 rings (SSSR count). The van der Waals surface area contributed by atoms with Crippen LogP contribution in [-0.4, -0.2) is 47.4 Å². The zero-order valence-electron chi connectivity index (χ0n) is 33.5. The van der Waals surface area contributed by atoms with Gasteiger partial charge in [-0.25, -0.2) is 8.42 Å². The summed E-state index contributed by atoms with van der Waals surface area (Å²) in [6, 6.07) is 22.8. The van der Waals surface area contributed by atoms with Crippen LogP contribution < -0.4 is 9.64 Å². The minimum Gasteiger partial charge on any atom is -0.744 e. The van der Waals surface area contributed by atoms with Crippen LogP contribution in [0.3, 0.4) is 0 Å². The molecular formula is C47H56N2O6S. The topological polar surface area (TPSA) is 110 Å².